The Morgan fingerprint density at radius 3 is 1.64 bits per heavy atom. The van der Waals surface area contributed by atoms with Gasteiger partial charge in [-0.15, -0.1) is 37.7 Å². The molecule has 2 heterocycles. The topological polar surface area (TPSA) is 73.3 Å². The Morgan fingerprint density at radius 1 is 0.667 bits per heavy atom. The minimum absolute atomic E-state index is 0.0446. The maximum Gasteiger partial charge on any atom is 0.573 e. The Labute approximate surface area is 218 Å². The van der Waals surface area contributed by atoms with E-state index >= 15 is 0 Å². The second kappa shape index (κ2) is 9.66. The molecule has 39 heavy (non-hydrogen) atoms. The summed E-state index contributed by atoms with van der Waals surface area (Å²) < 4.78 is 83.1. The van der Waals surface area contributed by atoms with Gasteiger partial charge in [0.25, 0.3) is 5.56 Å². The predicted molar refractivity (Wildman–Crippen MR) is 132 cm³/mol. The van der Waals surface area contributed by atoms with E-state index in [0.717, 1.165) is 40.2 Å². The highest BCUT2D eigenvalue weighted by Gasteiger charge is 2.31. The summed E-state index contributed by atoms with van der Waals surface area (Å²) >= 11 is 1.14. The van der Waals surface area contributed by atoms with Crippen molar-refractivity contribution in [3.63, 3.8) is 0 Å². The van der Waals surface area contributed by atoms with Crippen LogP contribution in [0.1, 0.15) is 0 Å². The molecular weight excluding hydrogens is 550 g/mol. The first-order valence-corrected chi connectivity index (χ1v) is 11.9. The lowest BCUT2D eigenvalue weighted by atomic mass is 10.0. The smallest absolute Gasteiger partial charge is 0.406 e. The van der Waals surface area contributed by atoms with Gasteiger partial charge < -0.3 is 9.47 Å². The number of H-pyrrole nitrogens is 1. The molecule has 0 aliphatic carbocycles. The van der Waals surface area contributed by atoms with Gasteiger partial charge in [-0.05, 0) is 53.1 Å². The van der Waals surface area contributed by atoms with Crippen LogP contribution in [0.4, 0.5) is 26.3 Å². The van der Waals surface area contributed by atoms with Gasteiger partial charge in [0.2, 0.25) is 0 Å². The second-order valence-electron chi connectivity index (χ2n) is 8.12. The number of nitrogens with zero attached hydrogens (tertiary/aromatic N) is 1. The van der Waals surface area contributed by atoms with E-state index in [0.29, 0.717) is 27.1 Å². The lowest BCUT2D eigenvalue weighted by Gasteiger charge is -2.10. The summed E-state index contributed by atoms with van der Waals surface area (Å²) in [6, 6.07) is 16.5. The lowest BCUT2D eigenvalue weighted by Crippen LogP contribution is -2.33. The number of alkyl halides is 6. The van der Waals surface area contributed by atoms with Crippen LogP contribution in [0.5, 0.6) is 11.5 Å². The zero-order chi connectivity index (χ0) is 27.9. The average molecular weight is 564 g/mol. The fourth-order valence-electron chi connectivity index (χ4n) is 3.95. The largest absolute Gasteiger partial charge is 0.573 e. The number of hydrogen-bond donors (Lipinski definition) is 1. The van der Waals surface area contributed by atoms with Crippen LogP contribution in [-0.2, 0) is 0 Å². The molecule has 0 bridgehead atoms. The first-order chi connectivity index (χ1) is 18.4. The molecule has 13 heteroatoms. The minimum Gasteiger partial charge on any atom is -0.406 e. The van der Waals surface area contributed by atoms with Gasteiger partial charge in [0, 0.05) is 10.9 Å². The molecule has 0 fully saturated rings. The zero-order valence-corrected chi connectivity index (χ0v) is 20.1. The van der Waals surface area contributed by atoms with Gasteiger partial charge in [-0.1, -0.05) is 36.4 Å². The molecule has 0 aliphatic rings. The molecule has 6 nitrogen and oxygen atoms in total. The van der Waals surface area contributed by atoms with Crippen molar-refractivity contribution in [2.45, 2.75) is 12.7 Å². The van der Waals surface area contributed by atoms with Crippen LogP contribution in [0, 0.1) is 0 Å². The van der Waals surface area contributed by atoms with Crippen LogP contribution >= 0.6 is 11.3 Å². The summed E-state index contributed by atoms with van der Waals surface area (Å²) in [6.07, 6.45) is -9.68. The molecule has 0 atom stereocenters. The average Bonchev–Trinajstić information content (AvgIpc) is 3.28. The maximum absolute atomic E-state index is 13.4. The first-order valence-electron chi connectivity index (χ1n) is 11.0. The van der Waals surface area contributed by atoms with Crippen LogP contribution in [0.3, 0.4) is 0 Å². The normalized spacial score (nSPS) is 12.1. The fraction of sp³-hybridized carbons (Fsp3) is 0.0769. The van der Waals surface area contributed by atoms with Crippen molar-refractivity contribution in [1.29, 1.82) is 0 Å². The van der Waals surface area contributed by atoms with Gasteiger partial charge in [-0.2, -0.15) is 0 Å². The van der Waals surface area contributed by atoms with Crippen LogP contribution < -0.4 is 20.7 Å². The molecule has 0 unspecified atom stereocenters. The molecular formula is C26H14F6N2O4S. The van der Waals surface area contributed by atoms with Crippen LogP contribution in [0.25, 0.3) is 38.2 Å². The Morgan fingerprint density at radius 2 is 1.13 bits per heavy atom. The number of aromatic nitrogens is 2. The summed E-state index contributed by atoms with van der Waals surface area (Å²) in [7, 11) is 0. The van der Waals surface area contributed by atoms with Crippen molar-refractivity contribution >= 4 is 21.6 Å². The Hall–Kier alpha value is -4.52. The number of rotatable bonds is 5. The van der Waals surface area contributed by atoms with E-state index in [1.807, 2.05) is 0 Å². The number of thiophene rings is 1. The zero-order valence-electron chi connectivity index (χ0n) is 19.3. The maximum atomic E-state index is 13.4. The van der Waals surface area contributed by atoms with Crippen LogP contribution in [0.2, 0.25) is 0 Å². The molecule has 0 saturated heterocycles. The van der Waals surface area contributed by atoms with Crippen molar-refractivity contribution in [3.05, 3.63) is 99.0 Å². The Balaban J connectivity index is 1.48. The molecule has 0 aliphatic heterocycles. The third-order valence-corrected chi connectivity index (χ3v) is 6.47. The number of hydrogen-bond acceptors (Lipinski definition) is 5. The van der Waals surface area contributed by atoms with E-state index in [9.17, 15) is 35.9 Å². The van der Waals surface area contributed by atoms with E-state index in [4.69, 9.17) is 0 Å². The number of halogens is 6. The summed E-state index contributed by atoms with van der Waals surface area (Å²) in [5.74, 6) is -0.851. The summed E-state index contributed by atoms with van der Waals surface area (Å²) in [4.78, 5) is 29.0. The van der Waals surface area contributed by atoms with E-state index in [2.05, 4.69) is 14.5 Å². The second-order valence-corrected chi connectivity index (χ2v) is 9.00. The van der Waals surface area contributed by atoms with Crippen molar-refractivity contribution in [1.82, 2.24) is 9.55 Å². The van der Waals surface area contributed by atoms with Gasteiger partial charge in [-0.3, -0.25) is 9.78 Å². The molecule has 5 aromatic rings. The Kier molecular flexibility index (Phi) is 6.46. The summed E-state index contributed by atoms with van der Waals surface area (Å²) in [5.41, 5.74) is 1.09. The third-order valence-electron chi connectivity index (χ3n) is 5.58. The van der Waals surface area contributed by atoms with Crippen LogP contribution in [0.15, 0.2) is 87.8 Å². The minimum atomic E-state index is -4.89. The highest BCUT2D eigenvalue weighted by Crippen LogP contribution is 2.33. The number of benzene rings is 3. The lowest BCUT2D eigenvalue weighted by molar-refractivity contribution is -0.275. The van der Waals surface area contributed by atoms with E-state index in [1.54, 1.807) is 29.6 Å². The van der Waals surface area contributed by atoms with Crippen molar-refractivity contribution in [3.8, 4) is 39.4 Å². The molecule has 5 rings (SSSR count). The van der Waals surface area contributed by atoms with Gasteiger partial charge in [0.1, 0.15) is 16.3 Å². The van der Waals surface area contributed by atoms with Gasteiger partial charge in [0.15, 0.2) is 0 Å². The molecule has 200 valence electrons. The van der Waals surface area contributed by atoms with Crippen LogP contribution in [-0.4, -0.2) is 22.3 Å². The summed E-state index contributed by atoms with van der Waals surface area (Å²) in [6.45, 7) is 0. The van der Waals surface area contributed by atoms with E-state index in [1.165, 1.54) is 24.3 Å². The number of nitrogens with one attached hydrogen (secondary N) is 1. The Bertz CT molecular complexity index is 1750. The molecule has 3 aromatic carbocycles. The predicted octanol–water partition coefficient (Wildman–Crippen LogP) is 6.87. The highest BCUT2D eigenvalue weighted by atomic mass is 32.1. The monoisotopic (exact) mass is 564 g/mol. The van der Waals surface area contributed by atoms with Crippen molar-refractivity contribution < 1.29 is 35.8 Å². The molecule has 1 N–H and O–H groups in total. The molecule has 0 spiro atoms. The number of fused-ring (bicyclic) bond motifs is 1. The standard InChI is InChI=1S/C26H14F6N2O4S/c27-25(28,29)37-18-9-5-15(6-10-18)14-1-3-16(4-2-14)20-13-39-22-21(20)23(35)34(24(36)33-22)17-7-11-19(12-8-17)38-26(30,31)32/h1-13H,(H,33,36). The fourth-order valence-corrected chi connectivity index (χ4v) is 4.91. The third kappa shape index (κ3) is 5.67. The van der Waals surface area contributed by atoms with Gasteiger partial charge in [0.05, 0.1) is 11.1 Å². The van der Waals surface area contributed by atoms with E-state index in [-0.39, 0.29) is 16.8 Å². The van der Waals surface area contributed by atoms with E-state index < -0.39 is 29.7 Å². The SMILES string of the molecule is O=c1[nH]c2scc(-c3ccc(-c4ccc(OC(F)(F)F)cc4)cc3)c2c(=O)n1-c1ccc(OC(F)(F)F)cc1. The van der Waals surface area contributed by atoms with Gasteiger partial charge in [-0.25, -0.2) is 9.36 Å². The number of ether oxygens (including phenoxy) is 2. The highest BCUT2D eigenvalue weighted by molar-refractivity contribution is 7.17. The first kappa shape index (κ1) is 26.1. The number of aromatic amines is 1. The molecule has 0 saturated carbocycles. The molecule has 2 aromatic heterocycles. The molecule has 0 amide bonds. The quantitative estimate of drug-likeness (QED) is 0.237. The molecule has 0 radical (unpaired) electrons. The van der Waals surface area contributed by atoms with Gasteiger partial charge >= 0.3 is 18.4 Å². The van der Waals surface area contributed by atoms with Crippen molar-refractivity contribution in [2.24, 2.45) is 0 Å². The van der Waals surface area contributed by atoms with Crippen molar-refractivity contribution in [2.75, 3.05) is 0 Å². The summed E-state index contributed by atoms with van der Waals surface area (Å²) in [5, 5.41) is 1.89.